The van der Waals surface area contributed by atoms with Crippen molar-refractivity contribution in [3.05, 3.63) is 63.9 Å². The third-order valence-electron chi connectivity index (χ3n) is 2.81. The Morgan fingerprint density at radius 3 is 2.19 bits per heavy atom. The van der Waals surface area contributed by atoms with Gasteiger partial charge in [0.1, 0.15) is 12.4 Å². The van der Waals surface area contributed by atoms with Gasteiger partial charge in [-0.2, -0.15) is 0 Å². The van der Waals surface area contributed by atoms with Crippen molar-refractivity contribution < 1.29 is 17.9 Å². The molecule has 0 aliphatic heterocycles. The molecule has 2 nitrogen and oxygen atoms in total. The highest BCUT2D eigenvalue weighted by atomic mass is 35.5. The molecule has 0 spiro atoms. The van der Waals surface area contributed by atoms with E-state index in [4.69, 9.17) is 16.3 Å². The summed E-state index contributed by atoms with van der Waals surface area (Å²) in [5, 5.41) is 2.78. The average molecular weight is 316 g/mol. The van der Waals surface area contributed by atoms with Crippen LogP contribution in [0.25, 0.3) is 0 Å². The van der Waals surface area contributed by atoms with Crippen molar-refractivity contribution >= 4 is 11.6 Å². The first kappa shape index (κ1) is 15.7. The van der Waals surface area contributed by atoms with Crippen molar-refractivity contribution in [2.24, 2.45) is 0 Å². The van der Waals surface area contributed by atoms with E-state index < -0.39 is 23.2 Å². The molecule has 0 bridgehead atoms. The fraction of sp³-hybridized carbons (Fsp3) is 0.200. The second-order valence-electron chi connectivity index (χ2n) is 4.46. The summed E-state index contributed by atoms with van der Waals surface area (Å²) >= 11 is 5.55. The van der Waals surface area contributed by atoms with Crippen molar-refractivity contribution in [2.75, 3.05) is 7.05 Å². The van der Waals surface area contributed by atoms with Gasteiger partial charge in [-0.3, -0.25) is 0 Å². The number of benzene rings is 2. The topological polar surface area (TPSA) is 21.3 Å². The molecule has 0 radical (unpaired) electrons. The summed E-state index contributed by atoms with van der Waals surface area (Å²) in [6.45, 7) is 0.184. The normalized spacial score (nSPS) is 10.7. The molecule has 0 amide bonds. The molecule has 0 atom stereocenters. The standard InChI is InChI=1S/C15H13ClF3NO/c1-20-7-10-5-13(18)15(14(19)6-10)21-8-9-2-3-11(16)12(17)4-9/h2-6,20H,7-8H2,1H3. The van der Waals surface area contributed by atoms with Crippen molar-refractivity contribution in [3.63, 3.8) is 0 Å². The fourth-order valence-electron chi connectivity index (χ4n) is 1.84. The maximum Gasteiger partial charge on any atom is 0.191 e. The molecular weight excluding hydrogens is 303 g/mol. The van der Waals surface area contributed by atoms with Crippen LogP contribution >= 0.6 is 11.6 Å². The van der Waals surface area contributed by atoms with Crippen molar-refractivity contribution in [3.8, 4) is 5.75 Å². The lowest BCUT2D eigenvalue weighted by Crippen LogP contribution is -2.07. The Kier molecular flexibility index (Phi) is 5.09. The lowest BCUT2D eigenvalue weighted by Gasteiger charge is -2.10. The van der Waals surface area contributed by atoms with Gasteiger partial charge in [0.25, 0.3) is 0 Å². The molecule has 0 fully saturated rings. The molecule has 1 N–H and O–H groups in total. The SMILES string of the molecule is CNCc1cc(F)c(OCc2ccc(Cl)c(F)c2)c(F)c1. The Morgan fingerprint density at radius 1 is 1.00 bits per heavy atom. The van der Waals surface area contributed by atoms with Crippen LogP contribution in [0, 0.1) is 17.5 Å². The monoisotopic (exact) mass is 315 g/mol. The van der Waals surface area contributed by atoms with Gasteiger partial charge in [0.2, 0.25) is 0 Å². The molecule has 0 unspecified atom stereocenters. The average Bonchev–Trinajstić information content (AvgIpc) is 2.42. The van der Waals surface area contributed by atoms with Crippen LogP contribution in [0.2, 0.25) is 5.02 Å². The molecule has 0 aromatic heterocycles. The number of rotatable bonds is 5. The minimum absolute atomic E-state index is 0.0208. The molecule has 112 valence electrons. The van der Waals surface area contributed by atoms with Gasteiger partial charge in [0.15, 0.2) is 17.4 Å². The number of halogens is 4. The third-order valence-corrected chi connectivity index (χ3v) is 3.11. The van der Waals surface area contributed by atoms with Crippen LogP contribution in [0.15, 0.2) is 30.3 Å². The number of hydrogen-bond donors (Lipinski definition) is 1. The highest BCUT2D eigenvalue weighted by molar-refractivity contribution is 6.30. The molecule has 0 saturated heterocycles. The van der Waals surface area contributed by atoms with Gasteiger partial charge in [-0.05, 0) is 42.4 Å². The molecular formula is C15H13ClF3NO. The first-order chi connectivity index (χ1) is 10.0. The van der Waals surface area contributed by atoms with E-state index in [0.717, 1.165) is 6.07 Å². The van der Waals surface area contributed by atoms with Crippen LogP contribution < -0.4 is 10.1 Å². The van der Waals surface area contributed by atoms with Gasteiger partial charge in [0, 0.05) is 6.54 Å². The molecule has 2 aromatic rings. The maximum atomic E-state index is 13.8. The lowest BCUT2D eigenvalue weighted by atomic mass is 10.2. The van der Waals surface area contributed by atoms with Crippen molar-refractivity contribution in [1.82, 2.24) is 5.32 Å². The van der Waals surface area contributed by atoms with Gasteiger partial charge in [-0.15, -0.1) is 0 Å². The molecule has 0 saturated carbocycles. The summed E-state index contributed by atoms with van der Waals surface area (Å²) in [6.07, 6.45) is 0. The Hall–Kier alpha value is -1.72. The van der Waals surface area contributed by atoms with Crippen LogP contribution in [0.3, 0.4) is 0 Å². The van der Waals surface area contributed by atoms with E-state index in [2.05, 4.69) is 5.32 Å². The molecule has 2 rings (SSSR count). The second kappa shape index (κ2) is 6.83. The summed E-state index contributed by atoms with van der Waals surface area (Å²) in [5.74, 6) is -2.68. The Balaban J connectivity index is 2.14. The number of ether oxygens (including phenoxy) is 1. The molecule has 0 heterocycles. The Labute approximate surface area is 125 Å². The Bertz CT molecular complexity index is 626. The van der Waals surface area contributed by atoms with Crippen molar-refractivity contribution in [2.45, 2.75) is 13.2 Å². The van der Waals surface area contributed by atoms with Gasteiger partial charge < -0.3 is 10.1 Å². The van der Waals surface area contributed by atoms with E-state index in [1.54, 1.807) is 7.05 Å². The minimum Gasteiger partial charge on any atom is -0.483 e. The van der Waals surface area contributed by atoms with E-state index in [1.807, 2.05) is 0 Å². The predicted molar refractivity (Wildman–Crippen MR) is 74.9 cm³/mol. The van der Waals surface area contributed by atoms with Gasteiger partial charge in [-0.25, -0.2) is 13.2 Å². The first-order valence-electron chi connectivity index (χ1n) is 6.20. The zero-order valence-corrected chi connectivity index (χ0v) is 12.0. The van der Waals surface area contributed by atoms with E-state index in [1.165, 1.54) is 24.3 Å². The Morgan fingerprint density at radius 2 is 1.62 bits per heavy atom. The third kappa shape index (κ3) is 3.89. The minimum atomic E-state index is -0.797. The van der Waals surface area contributed by atoms with Gasteiger partial charge in [0.05, 0.1) is 5.02 Å². The van der Waals surface area contributed by atoms with Crippen LogP contribution in [-0.4, -0.2) is 7.05 Å². The second-order valence-corrected chi connectivity index (χ2v) is 4.86. The highest BCUT2D eigenvalue weighted by Crippen LogP contribution is 2.25. The molecule has 21 heavy (non-hydrogen) atoms. The summed E-state index contributed by atoms with van der Waals surface area (Å²) in [5.41, 5.74) is 0.896. The van der Waals surface area contributed by atoms with E-state index >= 15 is 0 Å². The quantitative estimate of drug-likeness (QED) is 0.898. The van der Waals surface area contributed by atoms with E-state index in [0.29, 0.717) is 17.7 Å². The molecule has 0 aliphatic rings. The van der Waals surface area contributed by atoms with Crippen molar-refractivity contribution in [1.29, 1.82) is 0 Å². The highest BCUT2D eigenvalue weighted by Gasteiger charge is 2.13. The van der Waals surface area contributed by atoms with Crippen LogP contribution in [0.1, 0.15) is 11.1 Å². The zero-order valence-electron chi connectivity index (χ0n) is 11.2. The van der Waals surface area contributed by atoms with E-state index in [9.17, 15) is 13.2 Å². The summed E-state index contributed by atoms with van der Waals surface area (Å²) in [6, 6.07) is 6.43. The lowest BCUT2D eigenvalue weighted by molar-refractivity contribution is 0.273. The van der Waals surface area contributed by atoms with Crippen LogP contribution in [0.5, 0.6) is 5.75 Å². The van der Waals surface area contributed by atoms with Gasteiger partial charge in [-0.1, -0.05) is 17.7 Å². The zero-order chi connectivity index (χ0) is 15.4. The summed E-state index contributed by atoms with van der Waals surface area (Å²) in [7, 11) is 1.68. The van der Waals surface area contributed by atoms with Gasteiger partial charge >= 0.3 is 0 Å². The molecule has 6 heteroatoms. The molecule has 2 aromatic carbocycles. The largest absolute Gasteiger partial charge is 0.483 e. The van der Waals surface area contributed by atoms with Crippen LogP contribution in [0.4, 0.5) is 13.2 Å². The summed E-state index contributed by atoms with van der Waals surface area (Å²) in [4.78, 5) is 0. The number of hydrogen-bond acceptors (Lipinski definition) is 2. The maximum absolute atomic E-state index is 13.8. The first-order valence-corrected chi connectivity index (χ1v) is 6.58. The smallest absolute Gasteiger partial charge is 0.191 e. The van der Waals surface area contributed by atoms with Crippen LogP contribution in [-0.2, 0) is 13.2 Å². The fourth-order valence-corrected chi connectivity index (χ4v) is 1.96. The summed E-state index contributed by atoms with van der Waals surface area (Å²) < 4.78 is 45.9. The number of nitrogens with one attached hydrogen (secondary N) is 1. The van der Waals surface area contributed by atoms with E-state index in [-0.39, 0.29) is 11.6 Å². The predicted octanol–water partition coefficient (Wildman–Crippen LogP) is 4.06. The molecule has 0 aliphatic carbocycles.